The average Bonchev–Trinajstić information content (AvgIpc) is 2.81. The molecule has 1 aliphatic rings. The van der Waals surface area contributed by atoms with Crippen LogP contribution in [0.3, 0.4) is 0 Å². The average molecular weight is 222 g/mol. The molecular formula is C12H22N4. The second kappa shape index (κ2) is 3.31. The van der Waals surface area contributed by atoms with Crippen molar-refractivity contribution < 1.29 is 0 Å². The maximum atomic E-state index is 4.43. The normalized spacial score (nSPS) is 35.8. The molecule has 4 heteroatoms. The van der Waals surface area contributed by atoms with Crippen molar-refractivity contribution in [3.8, 4) is 0 Å². The van der Waals surface area contributed by atoms with Crippen LogP contribution < -0.4 is 0 Å². The Morgan fingerprint density at radius 2 is 1.94 bits per heavy atom. The lowest BCUT2D eigenvalue weighted by Gasteiger charge is -2.39. The van der Waals surface area contributed by atoms with Crippen LogP contribution in [0, 0.1) is 0 Å². The number of nitrogens with zero attached hydrogens (tertiary/aromatic N) is 3. The van der Waals surface area contributed by atoms with Crippen LogP contribution in [-0.2, 0) is 5.66 Å². The van der Waals surface area contributed by atoms with E-state index in [1.165, 1.54) is 0 Å². The van der Waals surface area contributed by atoms with Gasteiger partial charge in [-0.1, -0.05) is 0 Å². The smallest absolute Gasteiger partial charge is 0.141 e. The Labute approximate surface area is 97.7 Å². The first kappa shape index (κ1) is 11.6. The van der Waals surface area contributed by atoms with E-state index in [4.69, 9.17) is 0 Å². The Morgan fingerprint density at radius 1 is 1.31 bits per heavy atom. The van der Waals surface area contributed by atoms with Gasteiger partial charge in [-0.2, -0.15) is 0 Å². The summed E-state index contributed by atoms with van der Waals surface area (Å²) < 4.78 is 0. The van der Waals surface area contributed by atoms with Crippen LogP contribution >= 0.6 is 0 Å². The van der Waals surface area contributed by atoms with Gasteiger partial charge in [0.2, 0.25) is 0 Å². The molecule has 0 aliphatic carbocycles. The molecular weight excluding hydrogens is 200 g/mol. The third kappa shape index (κ3) is 1.20. The molecule has 1 aromatic rings. The lowest BCUT2D eigenvalue weighted by atomic mass is 9.96. The SMILES string of the molecule is CC1N(C)C(C)(c2ncc[nH]2)N(C)C1(C)C. The van der Waals surface area contributed by atoms with Gasteiger partial charge < -0.3 is 4.98 Å². The number of hydrogen-bond donors (Lipinski definition) is 1. The lowest BCUT2D eigenvalue weighted by molar-refractivity contribution is 0.0258. The fourth-order valence-electron chi connectivity index (χ4n) is 2.78. The molecule has 0 saturated carbocycles. The molecule has 2 atom stereocenters. The van der Waals surface area contributed by atoms with Gasteiger partial charge in [0.25, 0.3) is 0 Å². The van der Waals surface area contributed by atoms with Crippen molar-refractivity contribution in [1.82, 2.24) is 19.8 Å². The number of likely N-dealkylation sites (N-methyl/N-ethyl adjacent to an activating group) is 2. The molecule has 2 unspecified atom stereocenters. The monoisotopic (exact) mass is 222 g/mol. The molecule has 0 bridgehead atoms. The Morgan fingerprint density at radius 3 is 2.31 bits per heavy atom. The highest BCUT2D eigenvalue weighted by Gasteiger charge is 2.55. The topological polar surface area (TPSA) is 35.2 Å². The Hall–Kier alpha value is -0.870. The number of rotatable bonds is 1. The van der Waals surface area contributed by atoms with Gasteiger partial charge in [0.1, 0.15) is 11.5 Å². The zero-order chi connectivity index (χ0) is 12.1. The molecule has 0 amide bonds. The summed E-state index contributed by atoms with van der Waals surface area (Å²) in [6.45, 7) is 9.05. The summed E-state index contributed by atoms with van der Waals surface area (Å²) in [5.41, 5.74) is -0.0251. The number of imidazole rings is 1. The first-order valence-electron chi connectivity index (χ1n) is 5.79. The molecule has 0 radical (unpaired) electrons. The number of aromatic nitrogens is 2. The second-order valence-corrected chi connectivity index (χ2v) is 5.46. The predicted octanol–water partition coefficient (Wildman–Crippen LogP) is 1.63. The van der Waals surface area contributed by atoms with Crippen molar-refractivity contribution >= 4 is 0 Å². The minimum atomic E-state index is -0.160. The van der Waals surface area contributed by atoms with Crippen LogP contribution in [0.5, 0.6) is 0 Å². The quantitative estimate of drug-likeness (QED) is 0.784. The van der Waals surface area contributed by atoms with Crippen molar-refractivity contribution in [2.24, 2.45) is 0 Å². The van der Waals surface area contributed by atoms with Crippen molar-refractivity contribution in [2.75, 3.05) is 14.1 Å². The van der Waals surface area contributed by atoms with E-state index in [2.05, 4.69) is 61.6 Å². The zero-order valence-electron chi connectivity index (χ0n) is 11.1. The minimum Gasteiger partial charge on any atom is -0.346 e. The van der Waals surface area contributed by atoms with Crippen molar-refractivity contribution in [3.05, 3.63) is 18.2 Å². The van der Waals surface area contributed by atoms with Gasteiger partial charge in [0.15, 0.2) is 0 Å². The van der Waals surface area contributed by atoms with Gasteiger partial charge in [0.05, 0.1) is 0 Å². The molecule has 1 N–H and O–H groups in total. The van der Waals surface area contributed by atoms with Crippen LogP contribution in [0.25, 0.3) is 0 Å². The summed E-state index contributed by atoms with van der Waals surface area (Å²) in [7, 11) is 4.33. The van der Waals surface area contributed by atoms with Gasteiger partial charge in [-0.15, -0.1) is 0 Å². The van der Waals surface area contributed by atoms with Crippen molar-refractivity contribution in [1.29, 1.82) is 0 Å². The summed E-state index contributed by atoms with van der Waals surface area (Å²) in [6.07, 6.45) is 3.70. The summed E-state index contributed by atoms with van der Waals surface area (Å²) in [4.78, 5) is 12.4. The molecule has 1 aliphatic heterocycles. The van der Waals surface area contributed by atoms with E-state index in [0.29, 0.717) is 6.04 Å². The third-order valence-electron chi connectivity index (χ3n) is 4.75. The molecule has 1 aromatic heterocycles. The first-order valence-corrected chi connectivity index (χ1v) is 5.79. The fraction of sp³-hybridized carbons (Fsp3) is 0.750. The highest BCUT2D eigenvalue weighted by Crippen LogP contribution is 2.44. The van der Waals surface area contributed by atoms with Crippen LogP contribution in [0.1, 0.15) is 33.5 Å². The minimum absolute atomic E-state index is 0.135. The predicted molar refractivity (Wildman–Crippen MR) is 65.0 cm³/mol. The van der Waals surface area contributed by atoms with Gasteiger partial charge in [-0.05, 0) is 41.8 Å². The standard InChI is InChI=1S/C12H22N4/c1-9-11(2,3)16(6)12(4,15(9)5)10-13-7-8-14-10/h7-9H,1-6H3,(H,13,14). The lowest BCUT2D eigenvalue weighted by Crippen LogP contribution is -2.49. The summed E-state index contributed by atoms with van der Waals surface area (Å²) in [5.74, 6) is 1.01. The summed E-state index contributed by atoms with van der Waals surface area (Å²) >= 11 is 0. The van der Waals surface area contributed by atoms with Crippen LogP contribution in [0.15, 0.2) is 12.4 Å². The van der Waals surface area contributed by atoms with Gasteiger partial charge in [0, 0.05) is 24.0 Å². The number of H-pyrrole nitrogens is 1. The van der Waals surface area contributed by atoms with Gasteiger partial charge in [-0.25, -0.2) is 4.98 Å². The Bertz CT molecular complexity index is 370. The van der Waals surface area contributed by atoms with E-state index in [-0.39, 0.29) is 11.2 Å². The number of aromatic amines is 1. The number of nitrogens with one attached hydrogen (secondary N) is 1. The third-order valence-corrected chi connectivity index (χ3v) is 4.75. The molecule has 16 heavy (non-hydrogen) atoms. The van der Waals surface area contributed by atoms with Gasteiger partial charge in [-0.3, -0.25) is 9.80 Å². The summed E-state index contributed by atoms with van der Waals surface area (Å²) in [5, 5.41) is 0. The summed E-state index contributed by atoms with van der Waals surface area (Å²) in [6, 6.07) is 0.479. The van der Waals surface area contributed by atoms with E-state index in [1.807, 2.05) is 12.4 Å². The van der Waals surface area contributed by atoms with Crippen LogP contribution in [-0.4, -0.2) is 45.4 Å². The Balaban J connectivity index is 2.50. The highest BCUT2D eigenvalue weighted by molar-refractivity contribution is 5.14. The van der Waals surface area contributed by atoms with Crippen molar-refractivity contribution in [2.45, 2.75) is 44.9 Å². The van der Waals surface area contributed by atoms with E-state index in [1.54, 1.807) is 0 Å². The molecule has 4 nitrogen and oxygen atoms in total. The van der Waals surface area contributed by atoms with Crippen molar-refractivity contribution in [3.63, 3.8) is 0 Å². The van der Waals surface area contributed by atoms with E-state index in [0.717, 1.165) is 5.82 Å². The van der Waals surface area contributed by atoms with E-state index in [9.17, 15) is 0 Å². The first-order chi connectivity index (χ1) is 7.33. The largest absolute Gasteiger partial charge is 0.346 e. The molecule has 2 rings (SSSR count). The second-order valence-electron chi connectivity index (χ2n) is 5.46. The highest BCUT2D eigenvalue weighted by atomic mass is 15.5. The van der Waals surface area contributed by atoms with Gasteiger partial charge >= 0.3 is 0 Å². The maximum absolute atomic E-state index is 4.43. The Kier molecular flexibility index (Phi) is 2.40. The number of hydrogen-bond acceptors (Lipinski definition) is 3. The molecule has 90 valence electrons. The van der Waals surface area contributed by atoms with E-state index < -0.39 is 0 Å². The molecule has 1 saturated heterocycles. The molecule has 1 fully saturated rings. The molecule has 0 aromatic carbocycles. The van der Waals surface area contributed by atoms with Crippen LogP contribution in [0.4, 0.5) is 0 Å². The molecule has 0 spiro atoms. The fourth-order valence-corrected chi connectivity index (χ4v) is 2.78. The maximum Gasteiger partial charge on any atom is 0.141 e. The zero-order valence-corrected chi connectivity index (χ0v) is 11.1. The van der Waals surface area contributed by atoms with E-state index >= 15 is 0 Å². The molecule has 2 heterocycles. The van der Waals surface area contributed by atoms with Crippen LogP contribution in [0.2, 0.25) is 0 Å².